The van der Waals surface area contributed by atoms with Gasteiger partial charge in [0.15, 0.2) is 0 Å². The standard InChI is InChI=1S/C9H14ClN3O2/c10-6-3-1-2-4-7-12-8-5-9(11-12)13(14)15/h5,8H,1-4,6-7H2. The van der Waals surface area contributed by atoms with Gasteiger partial charge in [0.25, 0.3) is 0 Å². The third kappa shape index (κ3) is 4.29. The van der Waals surface area contributed by atoms with Gasteiger partial charge in [0.2, 0.25) is 0 Å². The van der Waals surface area contributed by atoms with E-state index in [-0.39, 0.29) is 5.82 Å². The second-order valence-corrected chi connectivity index (χ2v) is 3.68. The van der Waals surface area contributed by atoms with Crippen LogP contribution >= 0.6 is 11.6 Å². The molecule has 0 bridgehead atoms. The van der Waals surface area contributed by atoms with E-state index in [1.165, 1.54) is 6.07 Å². The van der Waals surface area contributed by atoms with Crippen molar-refractivity contribution in [3.8, 4) is 0 Å². The molecule has 15 heavy (non-hydrogen) atoms. The first kappa shape index (κ1) is 12.0. The predicted molar refractivity (Wildman–Crippen MR) is 58.1 cm³/mol. The lowest BCUT2D eigenvalue weighted by molar-refractivity contribution is -0.389. The minimum Gasteiger partial charge on any atom is -0.358 e. The summed E-state index contributed by atoms with van der Waals surface area (Å²) in [6.07, 6.45) is 5.84. The molecule has 0 N–H and O–H groups in total. The smallest absolute Gasteiger partial charge is 0.358 e. The van der Waals surface area contributed by atoms with Crippen molar-refractivity contribution in [1.82, 2.24) is 9.78 Å². The second-order valence-electron chi connectivity index (χ2n) is 3.30. The number of aryl methyl sites for hydroxylation is 1. The summed E-state index contributed by atoms with van der Waals surface area (Å²) in [5.74, 6) is 0.614. The molecule has 0 amide bonds. The van der Waals surface area contributed by atoms with Crippen LogP contribution in [0.1, 0.15) is 25.7 Å². The van der Waals surface area contributed by atoms with Crippen LogP contribution in [0, 0.1) is 10.1 Å². The number of alkyl halides is 1. The lowest BCUT2D eigenvalue weighted by Gasteiger charge is -1.97. The maximum Gasteiger partial charge on any atom is 0.389 e. The quantitative estimate of drug-likeness (QED) is 0.314. The van der Waals surface area contributed by atoms with Crippen LogP contribution in [0.3, 0.4) is 0 Å². The molecule has 0 saturated carbocycles. The Labute approximate surface area is 93.2 Å². The number of nitro groups is 1. The Morgan fingerprint density at radius 1 is 1.40 bits per heavy atom. The van der Waals surface area contributed by atoms with Crippen LogP contribution in [0.15, 0.2) is 12.3 Å². The number of nitrogens with zero attached hydrogens (tertiary/aromatic N) is 3. The summed E-state index contributed by atoms with van der Waals surface area (Å²) in [6, 6.07) is 1.42. The maximum atomic E-state index is 10.3. The lowest BCUT2D eigenvalue weighted by atomic mass is 10.2. The molecule has 1 aromatic rings. The molecule has 1 rings (SSSR count). The van der Waals surface area contributed by atoms with Crippen molar-refractivity contribution in [3.63, 3.8) is 0 Å². The Kier molecular flexibility index (Phi) is 5.10. The van der Waals surface area contributed by atoms with Crippen LogP contribution in [-0.4, -0.2) is 20.6 Å². The topological polar surface area (TPSA) is 61.0 Å². The van der Waals surface area contributed by atoms with Gasteiger partial charge in [-0.05, 0) is 17.8 Å². The third-order valence-corrected chi connectivity index (χ3v) is 2.35. The fraction of sp³-hybridized carbons (Fsp3) is 0.667. The van der Waals surface area contributed by atoms with E-state index in [0.29, 0.717) is 5.88 Å². The summed E-state index contributed by atoms with van der Waals surface area (Å²) < 4.78 is 1.61. The van der Waals surface area contributed by atoms with Gasteiger partial charge in [-0.3, -0.25) is 0 Å². The van der Waals surface area contributed by atoms with Crippen molar-refractivity contribution in [3.05, 3.63) is 22.4 Å². The third-order valence-electron chi connectivity index (χ3n) is 2.08. The van der Waals surface area contributed by atoms with Crippen molar-refractivity contribution in [2.24, 2.45) is 0 Å². The van der Waals surface area contributed by atoms with E-state index < -0.39 is 4.92 Å². The molecule has 0 spiro atoms. The normalized spacial score (nSPS) is 10.5. The van der Waals surface area contributed by atoms with Crippen LogP contribution in [0.4, 0.5) is 5.82 Å². The van der Waals surface area contributed by atoms with Gasteiger partial charge in [0.05, 0.1) is 23.9 Å². The van der Waals surface area contributed by atoms with Gasteiger partial charge in [-0.2, -0.15) is 4.68 Å². The Balaban J connectivity index is 2.23. The van der Waals surface area contributed by atoms with Crippen molar-refractivity contribution in [2.45, 2.75) is 32.2 Å². The summed E-state index contributed by atoms with van der Waals surface area (Å²) in [6.45, 7) is 0.732. The molecule has 1 heterocycles. The molecule has 0 fully saturated rings. The molecule has 84 valence electrons. The summed E-state index contributed by atoms with van der Waals surface area (Å²) in [5.41, 5.74) is 0. The van der Waals surface area contributed by atoms with Crippen LogP contribution in [0.25, 0.3) is 0 Å². The molecule has 1 aromatic heterocycles. The molecule has 0 radical (unpaired) electrons. The number of halogens is 1. The highest BCUT2D eigenvalue weighted by Crippen LogP contribution is 2.07. The summed E-state index contributed by atoms with van der Waals surface area (Å²) in [7, 11) is 0. The van der Waals surface area contributed by atoms with Gasteiger partial charge in [-0.25, -0.2) is 0 Å². The number of rotatable bonds is 7. The Morgan fingerprint density at radius 2 is 2.13 bits per heavy atom. The predicted octanol–water partition coefficient (Wildman–Crippen LogP) is 2.59. The maximum absolute atomic E-state index is 10.3. The molecule has 0 unspecified atom stereocenters. The van der Waals surface area contributed by atoms with Gasteiger partial charge in [-0.1, -0.05) is 12.8 Å². The molecular weight excluding hydrogens is 218 g/mol. The number of aromatic nitrogens is 2. The molecule has 0 aliphatic rings. The van der Waals surface area contributed by atoms with E-state index >= 15 is 0 Å². The first-order valence-corrected chi connectivity index (χ1v) is 5.51. The van der Waals surface area contributed by atoms with E-state index in [1.807, 2.05) is 0 Å². The van der Waals surface area contributed by atoms with Crippen molar-refractivity contribution >= 4 is 17.4 Å². The molecule has 0 saturated heterocycles. The van der Waals surface area contributed by atoms with Gasteiger partial charge in [-0.15, -0.1) is 11.6 Å². The number of unbranched alkanes of at least 4 members (excludes halogenated alkanes) is 3. The minimum absolute atomic E-state index is 0.0873. The van der Waals surface area contributed by atoms with Gasteiger partial charge in [0, 0.05) is 5.88 Å². The number of hydrogen-bond acceptors (Lipinski definition) is 3. The van der Waals surface area contributed by atoms with Crippen LogP contribution in [0.5, 0.6) is 0 Å². The Bertz CT molecular complexity index is 314. The van der Waals surface area contributed by atoms with Crippen LogP contribution < -0.4 is 0 Å². The van der Waals surface area contributed by atoms with Gasteiger partial charge >= 0.3 is 5.82 Å². The molecule has 0 atom stereocenters. The first-order chi connectivity index (χ1) is 7.24. The van der Waals surface area contributed by atoms with Crippen molar-refractivity contribution < 1.29 is 4.92 Å². The lowest BCUT2D eigenvalue weighted by Crippen LogP contribution is -1.99. The van der Waals surface area contributed by atoms with E-state index in [4.69, 9.17) is 11.6 Å². The van der Waals surface area contributed by atoms with Gasteiger partial charge in [0.1, 0.15) is 0 Å². The monoisotopic (exact) mass is 231 g/mol. The van der Waals surface area contributed by atoms with Crippen molar-refractivity contribution in [2.75, 3.05) is 5.88 Å². The fourth-order valence-corrected chi connectivity index (χ4v) is 1.48. The first-order valence-electron chi connectivity index (χ1n) is 4.98. The van der Waals surface area contributed by atoms with Crippen molar-refractivity contribution in [1.29, 1.82) is 0 Å². The van der Waals surface area contributed by atoms with E-state index in [0.717, 1.165) is 32.2 Å². The average Bonchev–Trinajstić information content (AvgIpc) is 2.66. The molecule has 0 aliphatic carbocycles. The zero-order valence-corrected chi connectivity index (χ0v) is 9.19. The van der Waals surface area contributed by atoms with Crippen LogP contribution in [0.2, 0.25) is 0 Å². The highest BCUT2D eigenvalue weighted by atomic mass is 35.5. The molecular formula is C9H14ClN3O2. The summed E-state index contributed by atoms with van der Waals surface area (Å²) in [4.78, 5) is 9.86. The molecule has 6 heteroatoms. The van der Waals surface area contributed by atoms with E-state index in [1.54, 1.807) is 10.9 Å². The van der Waals surface area contributed by atoms with Gasteiger partial charge < -0.3 is 10.1 Å². The van der Waals surface area contributed by atoms with Crippen LogP contribution in [-0.2, 0) is 6.54 Å². The molecule has 0 aromatic carbocycles. The molecule has 5 nitrogen and oxygen atoms in total. The highest BCUT2D eigenvalue weighted by Gasteiger charge is 2.09. The fourth-order valence-electron chi connectivity index (χ4n) is 1.29. The number of hydrogen-bond donors (Lipinski definition) is 0. The zero-order valence-electron chi connectivity index (χ0n) is 8.43. The summed E-state index contributed by atoms with van der Waals surface area (Å²) >= 11 is 5.54. The summed E-state index contributed by atoms with van der Waals surface area (Å²) in [5, 5.41) is 14.2. The highest BCUT2D eigenvalue weighted by molar-refractivity contribution is 6.17. The van der Waals surface area contributed by atoms with E-state index in [9.17, 15) is 10.1 Å². The Hall–Kier alpha value is -1.10. The van der Waals surface area contributed by atoms with E-state index in [2.05, 4.69) is 5.10 Å². The SMILES string of the molecule is O=[N+]([O-])c1ccn(CCCCCCCl)n1. The largest absolute Gasteiger partial charge is 0.389 e. The minimum atomic E-state index is -0.482. The average molecular weight is 232 g/mol. The Morgan fingerprint density at radius 3 is 2.73 bits per heavy atom. The second kappa shape index (κ2) is 6.40. The molecule has 0 aliphatic heterocycles. The zero-order chi connectivity index (χ0) is 11.1.